The van der Waals surface area contributed by atoms with Crippen molar-refractivity contribution in [2.75, 3.05) is 6.54 Å². The van der Waals surface area contributed by atoms with Crippen LogP contribution in [0.15, 0.2) is 35.7 Å². The normalized spacial score (nSPS) is 24.6. The number of hydrogen-bond donors (Lipinski definition) is 1. The van der Waals surface area contributed by atoms with E-state index < -0.39 is 0 Å². The zero-order valence-electron chi connectivity index (χ0n) is 14.5. The largest absolute Gasteiger partial charge is 0.347 e. The second-order valence-corrected chi connectivity index (χ2v) is 8.24. The molecule has 2 aliphatic rings. The van der Waals surface area contributed by atoms with Gasteiger partial charge in [0.25, 0.3) is 11.8 Å². The van der Waals surface area contributed by atoms with Crippen LogP contribution in [0.1, 0.15) is 44.0 Å². The van der Waals surface area contributed by atoms with Crippen LogP contribution in [-0.4, -0.2) is 35.3 Å². The summed E-state index contributed by atoms with van der Waals surface area (Å²) in [5, 5.41) is 5.06. The average molecular weight is 354 g/mol. The van der Waals surface area contributed by atoms with Crippen molar-refractivity contribution in [1.29, 1.82) is 0 Å². The molecule has 1 aliphatic heterocycles. The fraction of sp³-hybridized carbons (Fsp3) is 0.400. The number of benzene rings is 1. The van der Waals surface area contributed by atoms with E-state index in [-0.39, 0.29) is 23.9 Å². The standard InChI is InChI=1S/C20H22N2O2S/c1-12-6-13(2)8-15(7-12)20(24)22-11-14-9-16(17(22)10-14)21-19(23)18-4-3-5-25-18/h3-8,14,16-17H,9-11H2,1-2H3,(H,21,23)/t14-,16+,17-/m1/s1. The van der Waals surface area contributed by atoms with Crippen molar-refractivity contribution in [1.82, 2.24) is 10.2 Å². The Kier molecular flexibility index (Phi) is 4.12. The van der Waals surface area contributed by atoms with Gasteiger partial charge in [0, 0.05) is 18.2 Å². The fourth-order valence-electron chi connectivity index (χ4n) is 4.33. The van der Waals surface area contributed by atoms with Gasteiger partial charge in [-0.3, -0.25) is 9.59 Å². The van der Waals surface area contributed by atoms with Crippen molar-refractivity contribution < 1.29 is 9.59 Å². The van der Waals surface area contributed by atoms with Crippen LogP contribution in [-0.2, 0) is 0 Å². The predicted octanol–water partition coefficient (Wildman–Crippen LogP) is 3.40. The van der Waals surface area contributed by atoms with E-state index in [1.165, 1.54) is 11.3 Å². The molecule has 0 radical (unpaired) electrons. The number of amides is 2. The summed E-state index contributed by atoms with van der Waals surface area (Å²) >= 11 is 1.45. The minimum absolute atomic E-state index is 0.0219. The van der Waals surface area contributed by atoms with Gasteiger partial charge in [0.05, 0.1) is 10.9 Å². The molecule has 1 saturated carbocycles. The number of likely N-dealkylation sites (tertiary alicyclic amines) is 1. The molecule has 2 heterocycles. The third-order valence-corrected chi connectivity index (χ3v) is 6.14. The van der Waals surface area contributed by atoms with E-state index in [4.69, 9.17) is 0 Å². The van der Waals surface area contributed by atoms with Crippen molar-refractivity contribution >= 4 is 23.2 Å². The third kappa shape index (κ3) is 3.09. The van der Waals surface area contributed by atoms with E-state index in [0.29, 0.717) is 5.92 Å². The van der Waals surface area contributed by atoms with Gasteiger partial charge in [-0.15, -0.1) is 11.3 Å². The second-order valence-electron chi connectivity index (χ2n) is 7.30. The van der Waals surface area contributed by atoms with Gasteiger partial charge >= 0.3 is 0 Å². The van der Waals surface area contributed by atoms with E-state index in [0.717, 1.165) is 41.0 Å². The Labute approximate surface area is 151 Å². The first kappa shape index (κ1) is 16.3. The summed E-state index contributed by atoms with van der Waals surface area (Å²) in [5.41, 5.74) is 2.97. The lowest BCUT2D eigenvalue weighted by atomic mass is 10.0. The second kappa shape index (κ2) is 6.30. The number of aryl methyl sites for hydroxylation is 2. The molecule has 3 atom stereocenters. The molecule has 0 spiro atoms. The summed E-state index contributed by atoms with van der Waals surface area (Å²) in [4.78, 5) is 28.1. The first-order valence-electron chi connectivity index (χ1n) is 8.75. The minimum atomic E-state index is -0.0219. The molecule has 2 fully saturated rings. The van der Waals surface area contributed by atoms with Crippen LogP contribution in [0.4, 0.5) is 0 Å². The summed E-state index contributed by atoms with van der Waals surface area (Å²) in [6.45, 7) is 4.84. The summed E-state index contributed by atoms with van der Waals surface area (Å²) in [7, 11) is 0. The lowest BCUT2D eigenvalue weighted by molar-refractivity contribution is 0.0649. The first-order valence-corrected chi connectivity index (χ1v) is 9.63. The maximum atomic E-state index is 13.0. The van der Waals surface area contributed by atoms with Gasteiger partial charge in [-0.2, -0.15) is 0 Å². The Hall–Kier alpha value is -2.14. The van der Waals surface area contributed by atoms with Crippen LogP contribution in [0.5, 0.6) is 0 Å². The van der Waals surface area contributed by atoms with Crippen LogP contribution in [0, 0.1) is 19.8 Å². The summed E-state index contributed by atoms with van der Waals surface area (Å²) < 4.78 is 0. The molecule has 5 heteroatoms. The van der Waals surface area contributed by atoms with Gasteiger partial charge < -0.3 is 10.2 Å². The number of piperidine rings is 1. The van der Waals surface area contributed by atoms with Gasteiger partial charge in [-0.05, 0) is 56.2 Å². The zero-order valence-corrected chi connectivity index (χ0v) is 15.3. The monoisotopic (exact) mass is 354 g/mol. The molecule has 25 heavy (non-hydrogen) atoms. The smallest absolute Gasteiger partial charge is 0.261 e. The summed E-state index contributed by atoms with van der Waals surface area (Å²) in [6, 6.07) is 9.89. The Bertz CT molecular complexity index is 795. The number of hydrogen-bond acceptors (Lipinski definition) is 3. The van der Waals surface area contributed by atoms with Crippen LogP contribution in [0.2, 0.25) is 0 Å². The van der Waals surface area contributed by atoms with Gasteiger partial charge in [0.2, 0.25) is 0 Å². The molecule has 1 aliphatic carbocycles. The Morgan fingerprint density at radius 3 is 2.56 bits per heavy atom. The molecule has 0 unspecified atom stereocenters. The molecule has 2 amide bonds. The summed E-state index contributed by atoms with van der Waals surface area (Å²) in [6.07, 6.45) is 1.96. The highest BCUT2D eigenvalue weighted by molar-refractivity contribution is 7.12. The zero-order chi connectivity index (χ0) is 17.6. The van der Waals surface area contributed by atoms with Gasteiger partial charge in [-0.1, -0.05) is 23.3 Å². The van der Waals surface area contributed by atoms with Crippen molar-refractivity contribution in [3.05, 3.63) is 57.3 Å². The molecule has 1 aromatic heterocycles. The minimum Gasteiger partial charge on any atom is -0.347 e. The Morgan fingerprint density at radius 2 is 1.92 bits per heavy atom. The van der Waals surface area contributed by atoms with Crippen LogP contribution >= 0.6 is 11.3 Å². The number of fused-ring (bicyclic) bond motifs is 2. The quantitative estimate of drug-likeness (QED) is 0.918. The predicted molar refractivity (Wildman–Crippen MR) is 99.0 cm³/mol. The van der Waals surface area contributed by atoms with Crippen LogP contribution in [0.3, 0.4) is 0 Å². The highest BCUT2D eigenvalue weighted by Crippen LogP contribution is 2.38. The Morgan fingerprint density at radius 1 is 1.16 bits per heavy atom. The molecule has 1 N–H and O–H groups in total. The first-order chi connectivity index (χ1) is 12.0. The van der Waals surface area contributed by atoms with Crippen molar-refractivity contribution in [2.45, 2.75) is 38.8 Å². The highest BCUT2D eigenvalue weighted by Gasteiger charge is 2.47. The SMILES string of the molecule is Cc1cc(C)cc(C(=O)N2C[C@@H]3C[C@H](NC(=O)c4cccs4)[C@H]2C3)c1. The van der Waals surface area contributed by atoms with E-state index in [1.54, 1.807) is 0 Å². The van der Waals surface area contributed by atoms with Gasteiger partial charge in [0.1, 0.15) is 0 Å². The molecule has 1 saturated heterocycles. The molecule has 2 aromatic rings. The van der Waals surface area contributed by atoms with E-state index in [2.05, 4.69) is 11.4 Å². The van der Waals surface area contributed by atoms with E-state index in [9.17, 15) is 9.59 Å². The highest BCUT2D eigenvalue weighted by atomic mass is 32.1. The lowest BCUT2D eigenvalue weighted by Crippen LogP contribution is -2.51. The van der Waals surface area contributed by atoms with Crippen molar-refractivity contribution in [3.63, 3.8) is 0 Å². The van der Waals surface area contributed by atoms with Crippen molar-refractivity contribution in [3.8, 4) is 0 Å². The maximum Gasteiger partial charge on any atom is 0.261 e. The number of nitrogens with zero attached hydrogens (tertiary/aromatic N) is 1. The number of carbonyl (C=O) groups excluding carboxylic acids is 2. The Balaban J connectivity index is 1.50. The number of nitrogens with one attached hydrogen (secondary N) is 1. The van der Waals surface area contributed by atoms with Crippen LogP contribution < -0.4 is 5.32 Å². The maximum absolute atomic E-state index is 13.0. The number of rotatable bonds is 3. The summed E-state index contributed by atoms with van der Waals surface area (Å²) in [5.74, 6) is 0.564. The molecule has 4 nitrogen and oxygen atoms in total. The molecule has 130 valence electrons. The molecular weight excluding hydrogens is 332 g/mol. The average Bonchev–Trinajstić information content (AvgIpc) is 3.29. The topological polar surface area (TPSA) is 49.4 Å². The third-order valence-electron chi connectivity index (χ3n) is 5.27. The lowest BCUT2D eigenvalue weighted by Gasteiger charge is -2.33. The van der Waals surface area contributed by atoms with Crippen molar-refractivity contribution in [2.24, 2.45) is 5.92 Å². The molecule has 4 rings (SSSR count). The van der Waals surface area contributed by atoms with Gasteiger partial charge in [-0.25, -0.2) is 0 Å². The number of thiophene rings is 1. The molecule has 2 bridgehead atoms. The molecule has 1 aromatic carbocycles. The van der Waals surface area contributed by atoms with E-state index >= 15 is 0 Å². The fourth-order valence-corrected chi connectivity index (χ4v) is 4.95. The number of carbonyl (C=O) groups is 2. The van der Waals surface area contributed by atoms with Crippen LogP contribution in [0.25, 0.3) is 0 Å². The van der Waals surface area contributed by atoms with Gasteiger partial charge in [0.15, 0.2) is 0 Å². The van der Waals surface area contributed by atoms with E-state index in [1.807, 2.05) is 48.4 Å². The molecular formula is C20H22N2O2S.